The van der Waals surface area contributed by atoms with Gasteiger partial charge in [0.05, 0.1) is 15.9 Å². The Labute approximate surface area is 134 Å². The zero-order chi connectivity index (χ0) is 16.8. The van der Waals surface area contributed by atoms with E-state index in [-0.39, 0.29) is 17.5 Å². The second-order valence-corrected chi connectivity index (χ2v) is 6.89. The molecule has 3 rings (SSSR count). The van der Waals surface area contributed by atoms with Crippen LogP contribution in [0.15, 0.2) is 0 Å². The van der Waals surface area contributed by atoms with E-state index in [1.54, 1.807) is 6.92 Å². The van der Waals surface area contributed by atoms with Crippen LogP contribution in [0.4, 0.5) is 13.2 Å². The van der Waals surface area contributed by atoms with Crippen LogP contribution in [0.2, 0.25) is 0 Å². The SMILES string of the molecule is Cc1nc(C(F)(F)F)c(CN2CCN3C(=O)C(=O)NCC3C2)s1. The summed E-state index contributed by atoms with van der Waals surface area (Å²) >= 11 is 1.04. The first-order valence-corrected chi connectivity index (χ1v) is 7.92. The van der Waals surface area contributed by atoms with Crippen molar-refractivity contribution in [3.63, 3.8) is 0 Å². The van der Waals surface area contributed by atoms with E-state index >= 15 is 0 Å². The fraction of sp³-hybridized carbons (Fsp3) is 0.615. The largest absolute Gasteiger partial charge is 0.434 e. The number of fused-ring (bicyclic) bond motifs is 1. The predicted molar refractivity (Wildman–Crippen MR) is 75.6 cm³/mol. The van der Waals surface area contributed by atoms with Gasteiger partial charge in [0, 0.05) is 32.7 Å². The quantitative estimate of drug-likeness (QED) is 0.796. The fourth-order valence-electron chi connectivity index (χ4n) is 2.92. The lowest BCUT2D eigenvalue weighted by atomic mass is 10.1. The number of halogens is 3. The van der Waals surface area contributed by atoms with Crippen molar-refractivity contribution in [2.75, 3.05) is 26.2 Å². The van der Waals surface area contributed by atoms with Crippen molar-refractivity contribution < 1.29 is 22.8 Å². The Morgan fingerprint density at radius 2 is 2.09 bits per heavy atom. The Morgan fingerprint density at radius 3 is 2.78 bits per heavy atom. The molecule has 0 saturated carbocycles. The summed E-state index contributed by atoms with van der Waals surface area (Å²) in [5, 5.41) is 2.89. The normalized spacial score (nSPS) is 23.0. The van der Waals surface area contributed by atoms with Gasteiger partial charge in [-0.1, -0.05) is 0 Å². The molecule has 0 bridgehead atoms. The molecule has 23 heavy (non-hydrogen) atoms. The maximum absolute atomic E-state index is 13.0. The van der Waals surface area contributed by atoms with Crippen LogP contribution in [0.5, 0.6) is 0 Å². The van der Waals surface area contributed by atoms with Gasteiger partial charge in [-0.05, 0) is 6.92 Å². The number of amides is 2. The first kappa shape index (κ1) is 16.2. The average molecular weight is 348 g/mol. The van der Waals surface area contributed by atoms with Gasteiger partial charge in [-0.15, -0.1) is 11.3 Å². The number of rotatable bonds is 2. The molecule has 3 heterocycles. The van der Waals surface area contributed by atoms with Crippen molar-refractivity contribution in [2.45, 2.75) is 25.7 Å². The van der Waals surface area contributed by atoms with E-state index in [2.05, 4.69) is 10.3 Å². The highest BCUT2D eigenvalue weighted by atomic mass is 32.1. The van der Waals surface area contributed by atoms with E-state index in [0.29, 0.717) is 31.2 Å². The lowest BCUT2D eigenvalue weighted by Gasteiger charge is -2.43. The Bertz CT molecular complexity index is 646. The second-order valence-electron chi connectivity index (χ2n) is 5.60. The monoisotopic (exact) mass is 348 g/mol. The van der Waals surface area contributed by atoms with Gasteiger partial charge in [0.15, 0.2) is 5.69 Å². The molecule has 1 aromatic rings. The van der Waals surface area contributed by atoms with Gasteiger partial charge in [-0.25, -0.2) is 4.98 Å². The summed E-state index contributed by atoms with van der Waals surface area (Å²) in [7, 11) is 0. The fourth-order valence-corrected chi connectivity index (χ4v) is 3.92. The second kappa shape index (κ2) is 5.75. The molecule has 1 aromatic heterocycles. The standard InChI is InChI=1S/C13H15F3N4O2S/c1-7-18-10(13(14,15)16)9(23-7)6-19-2-3-20-8(5-19)4-17-11(21)12(20)22/h8H,2-6H2,1H3,(H,17,21). The van der Waals surface area contributed by atoms with Crippen LogP contribution in [0.3, 0.4) is 0 Å². The number of hydrogen-bond donors (Lipinski definition) is 1. The van der Waals surface area contributed by atoms with E-state index in [9.17, 15) is 22.8 Å². The molecule has 0 aliphatic carbocycles. The van der Waals surface area contributed by atoms with E-state index in [4.69, 9.17) is 0 Å². The topological polar surface area (TPSA) is 65.5 Å². The van der Waals surface area contributed by atoms with Crippen molar-refractivity contribution in [1.29, 1.82) is 0 Å². The van der Waals surface area contributed by atoms with Gasteiger partial charge in [0.25, 0.3) is 0 Å². The molecule has 0 radical (unpaired) electrons. The number of aryl methyl sites for hydroxylation is 1. The summed E-state index contributed by atoms with van der Waals surface area (Å²) in [5.74, 6) is -1.18. The first-order chi connectivity index (χ1) is 10.8. The number of carbonyl (C=O) groups is 2. The van der Waals surface area contributed by atoms with Crippen molar-refractivity contribution in [3.8, 4) is 0 Å². The van der Waals surface area contributed by atoms with Gasteiger partial charge >= 0.3 is 18.0 Å². The first-order valence-electron chi connectivity index (χ1n) is 7.10. The summed E-state index contributed by atoms with van der Waals surface area (Å²) < 4.78 is 39.0. The van der Waals surface area contributed by atoms with Crippen LogP contribution in [0, 0.1) is 6.92 Å². The number of carbonyl (C=O) groups excluding carboxylic acids is 2. The lowest BCUT2D eigenvalue weighted by Crippen LogP contribution is -2.65. The number of nitrogens with zero attached hydrogens (tertiary/aromatic N) is 3. The van der Waals surface area contributed by atoms with E-state index in [0.717, 1.165) is 11.3 Å². The third-order valence-electron chi connectivity index (χ3n) is 3.96. The maximum Gasteiger partial charge on any atom is 0.434 e. The van der Waals surface area contributed by atoms with Crippen molar-refractivity contribution >= 4 is 23.2 Å². The summed E-state index contributed by atoms with van der Waals surface area (Å²) in [6.45, 7) is 3.23. The van der Waals surface area contributed by atoms with Crippen molar-refractivity contribution in [2.24, 2.45) is 0 Å². The molecule has 1 atom stereocenters. The van der Waals surface area contributed by atoms with E-state index in [1.165, 1.54) is 4.90 Å². The molecular weight excluding hydrogens is 333 g/mol. The smallest absolute Gasteiger partial charge is 0.346 e. The van der Waals surface area contributed by atoms with Crippen molar-refractivity contribution in [3.05, 3.63) is 15.6 Å². The summed E-state index contributed by atoms with van der Waals surface area (Å²) in [5.41, 5.74) is -0.824. The average Bonchev–Trinajstić information content (AvgIpc) is 2.84. The molecule has 2 saturated heterocycles. The number of thiazole rings is 1. The van der Waals surface area contributed by atoms with Gasteiger partial charge in [0.1, 0.15) is 0 Å². The maximum atomic E-state index is 13.0. The Hall–Kier alpha value is -1.68. The Kier molecular flexibility index (Phi) is 4.05. The van der Waals surface area contributed by atoms with E-state index < -0.39 is 23.7 Å². The van der Waals surface area contributed by atoms with E-state index in [1.807, 2.05) is 4.90 Å². The van der Waals surface area contributed by atoms with Crippen LogP contribution in [-0.2, 0) is 22.3 Å². The van der Waals surface area contributed by atoms with Gasteiger partial charge < -0.3 is 10.2 Å². The third-order valence-corrected chi connectivity index (χ3v) is 4.92. The Balaban J connectivity index is 1.71. The molecule has 2 aliphatic heterocycles. The highest BCUT2D eigenvalue weighted by molar-refractivity contribution is 7.11. The molecule has 10 heteroatoms. The third kappa shape index (κ3) is 3.18. The summed E-state index contributed by atoms with van der Waals surface area (Å²) in [6, 6.07) is -0.197. The minimum atomic E-state index is -4.46. The molecule has 2 amide bonds. The number of hydrogen-bond acceptors (Lipinski definition) is 5. The number of alkyl halides is 3. The van der Waals surface area contributed by atoms with Crippen LogP contribution < -0.4 is 5.32 Å². The molecule has 1 N–H and O–H groups in total. The molecule has 2 fully saturated rings. The minimum Gasteiger partial charge on any atom is -0.346 e. The van der Waals surface area contributed by atoms with Gasteiger partial charge in [0.2, 0.25) is 0 Å². The minimum absolute atomic E-state index is 0.146. The summed E-state index contributed by atoms with van der Waals surface area (Å²) in [6.07, 6.45) is -4.46. The molecule has 126 valence electrons. The summed E-state index contributed by atoms with van der Waals surface area (Å²) in [4.78, 5) is 30.2. The van der Waals surface area contributed by atoms with Crippen LogP contribution >= 0.6 is 11.3 Å². The van der Waals surface area contributed by atoms with Crippen LogP contribution in [-0.4, -0.2) is 58.8 Å². The molecule has 1 unspecified atom stereocenters. The Morgan fingerprint density at radius 1 is 1.35 bits per heavy atom. The zero-order valence-corrected chi connectivity index (χ0v) is 13.1. The molecule has 0 spiro atoms. The predicted octanol–water partition coefficient (Wildman–Crippen LogP) is 0.613. The molecule has 2 aliphatic rings. The zero-order valence-electron chi connectivity index (χ0n) is 12.3. The number of nitrogens with one attached hydrogen (secondary N) is 1. The van der Waals surface area contributed by atoms with Crippen molar-refractivity contribution in [1.82, 2.24) is 20.1 Å². The van der Waals surface area contributed by atoms with Crippen LogP contribution in [0.1, 0.15) is 15.6 Å². The van der Waals surface area contributed by atoms with Crippen LogP contribution in [0.25, 0.3) is 0 Å². The molecule has 6 nitrogen and oxygen atoms in total. The number of aromatic nitrogens is 1. The molecule has 0 aromatic carbocycles. The van der Waals surface area contributed by atoms with Gasteiger partial charge in [-0.3, -0.25) is 14.5 Å². The highest BCUT2D eigenvalue weighted by Crippen LogP contribution is 2.35. The number of piperazine rings is 2. The molecular formula is C13H15F3N4O2S. The van der Waals surface area contributed by atoms with Gasteiger partial charge in [-0.2, -0.15) is 13.2 Å². The lowest BCUT2D eigenvalue weighted by molar-refractivity contribution is -0.152. The highest BCUT2D eigenvalue weighted by Gasteiger charge is 2.40.